The van der Waals surface area contributed by atoms with Crippen LogP contribution in [0.4, 0.5) is 0 Å². The highest BCUT2D eigenvalue weighted by Gasteiger charge is 2.13. The fraction of sp³-hybridized carbons (Fsp3) is 0.250. The van der Waals surface area contributed by atoms with Crippen LogP contribution in [0.15, 0.2) is 41.2 Å². The van der Waals surface area contributed by atoms with Crippen molar-refractivity contribution in [3.05, 3.63) is 69.0 Å². The van der Waals surface area contributed by atoms with Crippen molar-refractivity contribution in [1.82, 2.24) is 10.3 Å². The van der Waals surface area contributed by atoms with Crippen LogP contribution in [-0.2, 0) is 13.1 Å². The molecule has 0 radical (unpaired) electrons. The van der Waals surface area contributed by atoms with Gasteiger partial charge in [0.25, 0.3) is 5.56 Å². The minimum absolute atomic E-state index is 0.0439. The van der Waals surface area contributed by atoms with Gasteiger partial charge in [0.1, 0.15) is 0 Å². The molecule has 2 heterocycles. The van der Waals surface area contributed by atoms with Crippen LogP contribution in [0.25, 0.3) is 10.9 Å². The zero-order valence-electron chi connectivity index (χ0n) is 14.3. The van der Waals surface area contributed by atoms with E-state index >= 15 is 0 Å². The van der Waals surface area contributed by atoms with Gasteiger partial charge in [0.2, 0.25) is 6.79 Å². The summed E-state index contributed by atoms with van der Waals surface area (Å²) in [6.45, 7) is 5.52. The molecule has 2 aromatic carbocycles. The molecule has 1 aliphatic rings. The summed E-state index contributed by atoms with van der Waals surface area (Å²) in [5, 5.41) is 4.39. The van der Waals surface area contributed by atoms with Crippen molar-refractivity contribution in [3.63, 3.8) is 0 Å². The van der Waals surface area contributed by atoms with Crippen molar-refractivity contribution in [2.24, 2.45) is 0 Å². The second-order valence-electron chi connectivity index (χ2n) is 6.46. The minimum Gasteiger partial charge on any atom is -0.454 e. The number of fused-ring (bicyclic) bond motifs is 2. The summed E-state index contributed by atoms with van der Waals surface area (Å²) in [7, 11) is 0. The van der Waals surface area contributed by atoms with Gasteiger partial charge in [0.05, 0.1) is 5.52 Å². The smallest absolute Gasteiger partial charge is 0.252 e. The van der Waals surface area contributed by atoms with E-state index in [0.29, 0.717) is 13.1 Å². The molecule has 5 heteroatoms. The van der Waals surface area contributed by atoms with Crippen LogP contribution in [0.3, 0.4) is 0 Å². The van der Waals surface area contributed by atoms with Crippen molar-refractivity contribution < 1.29 is 9.47 Å². The Balaban J connectivity index is 1.51. The van der Waals surface area contributed by atoms with E-state index in [4.69, 9.17) is 9.47 Å². The number of hydrogen-bond donors (Lipinski definition) is 2. The normalized spacial score (nSPS) is 12.7. The molecule has 3 aromatic rings. The first kappa shape index (κ1) is 15.7. The van der Waals surface area contributed by atoms with Crippen LogP contribution in [0, 0.1) is 13.8 Å². The lowest BCUT2D eigenvalue weighted by atomic mass is 10.1. The first-order valence-corrected chi connectivity index (χ1v) is 8.32. The van der Waals surface area contributed by atoms with Crippen LogP contribution in [-0.4, -0.2) is 11.8 Å². The predicted molar refractivity (Wildman–Crippen MR) is 97.2 cm³/mol. The van der Waals surface area contributed by atoms with Crippen molar-refractivity contribution >= 4 is 10.9 Å². The number of aromatic nitrogens is 1. The van der Waals surface area contributed by atoms with E-state index in [-0.39, 0.29) is 12.4 Å². The molecule has 2 N–H and O–H groups in total. The second-order valence-corrected chi connectivity index (χ2v) is 6.46. The number of H-pyrrole nitrogens is 1. The van der Waals surface area contributed by atoms with E-state index in [0.717, 1.165) is 39.1 Å². The van der Waals surface area contributed by atoms with E-state index in [1.807, 2.05) is 31.2 Å². The molecule has 25 heavy (non-hydrogen) atoms. The highest BCUT2D eigenvalue weighted by atomic mass is 16.7. The SMILES string of the molecule is Cc1cc(C)c2[nH]c(=O)c(CNCc3ccc4c(c3)OCO4)cc2c1. The summed E-state index contributed by atoms with van der Waals surface area (Å²) in [6, 6.07) is 12.0. The Morgan fingerprint density at radius 3 is 2.76 bits per heavy atom. The highest BCUT2D eigenvalue weighted by molar-refractivity contribution is 5.82. The van der Waals surface area contributed by atoms with Crippen LogP contribution in [0.5, 0.6) is 11.5 Å². The Labute approximate surface area is 145 Å². The van der Waals surface area contributed by atoms with E-state index < -0.39 is 0 Å². The van der Waals surface area contributed by atoms with Crippen LogP contribution < -0.4 is 20.3 Å². The molecule has 1 aromatic heterocycles. The summed E-state index contributed by atoms with van der Waals surface area (Å²) in [5.74, 6) is 1.55. The fourth-order valence-electron chi connectivity index (χ4n) is 3.26. The Kier molecular flexibility index (Phi) is 3.93. The van der Waals surface area contributed by atoms with E-state index in [2.05, 4.69) is 29.4 Å². The molecule has 0 fully saturated rings. The second kappa shape index (κ2) is 6.26. The van der Waals surface area contributed by atoms with Gasteiger partial charge in [-0.2, -0.15) is 0 Å². The van der Waals surface area contributed by atoms with Gasteiger partial charge in [0, 0.05) is 18.7 Å². The molecule has 0 atom stereocenters. The standard InChI is InChI=1S/C20H20N2O3/c1-12-5-13(2)19-15(6-12)8-16(20(23)22-19)10-21-9-14-3-4-17-18(7-14)25-11-24-17/h3-8,21H,9-11H2,1-2H3,(H,22,23). The van der Waals surface area contributed by atoms with Crippen LogP contribution >= 0.6 is 0 Å². The third-order valence-electron chi connectivity index (χ3n) is 4.45. The lowest BCUT2D eigenvalue weighted by Gasteiger charge is -2.09. The number of nitrogens with one attached hydrogen (secondary N) is 2. The molecule has 0 unspecified atom stereocenters. The number of ether oxygens (including phenoxy) is 2. The first-order valence-electron chi connectivity index (χ1n) is 8.32. The van der Waals surface area contributed by atoms with Crippen molar-refractivity contribution in [2.45, 2.75) is 26.9 Å². The molecule has 4 rings (SSSR count). The van der Waals surface area contributed by atoms with Gasteiger partial charge in [-0.1, -0.05) is 17.7 Å². The summed E-state index contributed by atoms with van der Waals surface area (Å²) in [5.41, 5.74) is 4.97. The van der Waals surface area contributed by atoms with Crippen molar-refractivity contribution in [3.8, 4) is 11.5 Å². The zero-order valence-corrected chi connectivity index (χ0v) is 14.3. The van der Waals surface area contributed by atoms with Gasteiger partial charge in [-0.3, -0.25) is 4.79 Å². The number of rotatable bonds is 4. The van der Waals surface area contributed by atoms with Crippen LogP contribution in [0.1, 0.15) is 22.3 Å². The molecule has 0 spiro atoms. The summed E-state index contributed by atoms with van der Waals surface area (Å²) in [6.07, 6.45) is 0. The molecule has 0 bridgehead atoms. The minimum atomic E-state index is -0.0439. The average molecular weight is 336 g/mol. The lowest BCUT2D eigenvalue weighted by molar-refractivity contribution is 0.174. The molecule has 1 aliphatic heterocycles. The number of benzene rings is 2. The van der Waals surface area contributed by atoms with Gasteiger partial charge in [0.15, 0.2) is 11.5 Å². The number of pyridine rings is 1. The zero-order chi connectivity index (χ0) is 17.4. The first-order chi connectivity index (χ1) is 12.1. The summed E-state index contributed by atoms with van der Waals surface area (Å²) < 4.78 is 10.7. The molecule has 0 aliphatic carbocycles. The molecule has 0 saturated carbocycles. The third kappa shape index (κ3) is 3.10. The maximum Gasteiger partial charge on any atom is 0.252 e. The fourth-order valence-corrected chi connectivity index (χ4v) is 3.26. The summed E-state index contributed by atoms with van der Waals surface area (Å²) >= 11 is 0. The molecular formula is C20H20N2O3. The molecule has 0 amide bonds. The Morgan fingerprint density at radius 2 is 1.88 bits per heavy atom. The van der Waals surface area contributed by atoms with E-state index in [1.54, 1.807) is 0 Å². The van der Waals surface area contributed by atoms with Crippen molar-refractivity contribution in [1.29, 1.82) is 0 Å². The monoisotopic (exact) mass is 336 g/mol. The molecule has 0 saturated heterocycles. The summed E-state index contributed by atoms with van der Waals surface area (Å²) in [4.78, 5) is 15.3. The van der Waals surface area contributed by atoms with Gasteiger partial charge in [-0.05, 0) is 54.6 Å². The van der Waals surface area contributed by atoms with Gasteiger partial charge < -0.3 is 19.8 Å². The molecule has 5 nitrogen and oxygen atoms in total. The van der Waals surface area contributed by atoms with Gasteiger partial charge in [-0.25, -0.2) is 0 Å². The predicted octanol–water partition coefficient (Wildman–Crippen LogP) is 3.16. The number of aryl methyl sites for hydroxylation is 2. The topological polar surface area (TPSA) is 63.4 Å². The third-order valence-corrected chi connectivity index (χ3v) is 4.45. The maximum absolute atomic E-state index is 12.3. The number of hydrogen-bond acceptors (Lipinski definition) is 4. The lowest BCUT2D eigenvalue weighted by Crippen LogP contribution is -2.21. The molecular weight excluding hydrogens is 316 g/mol. The van der Waals surface area contributed by atoms with Crippen molar-refractivity contribution in [2.75, 3.05) is 6.79 Å². The van der Waals surface area contributed by atoms with Gasteiger partial charge in [-0.15, -0.1) is 0 Å². The van der Waals surface area contributed by atoms with E-state index in [1.165, 1.54) is 5.56 Å². The maximum atomic E-state index is 12.3. The van der Waals surface area contributed by atoms with Gasteiger partial charge >= 0.3 is 0 Å². The average Bonchev–Trinajstić information content (AvgIpc) is 3.04. The Bertz CT molecular complexity index is 1010. The van der Waals surface area contributed by atoms with Crippen LogP contribution in [0.2, 0.25) is 0 Å². The highest BCUT2D eigenvalue weighted by Crippen LogP contribution is 2.32. The number of aromatic amines is 1. The quantitative estimate of drug-likeness (QED) is 0.768. The largest absolute Gasteiger partial charge is 0.454 e. The van der Waals surface area contributed by atoms with E-state index in [9.17, 15) is 4.79 Å². The molecule has 128 valence electrons. The Morgan fingerprint density at radius 1 is 1.04 bits per heavy atom. The Hall–Kier alpha value is -2.79.